The van der Waals surface area contributed by atoms with Crippen molar-refractivity contribution in [3.63, 3.8) is 0 Å². The summed E-state index contributed by atoms with van der Waals surface area (Å²) < 4.78 is 10.3. The molecular weight excluding hydrogens is 424 g/mol. The van der Waals surface area contributed by atoms with Gasteiger partial charge in [-0.15, -0.1) is 0 Å². The van der Waals surface area contributed by atoms with Gasteiger partial charge in [0.25, 0.3) is 0 Å². The lowest BCUT2D eigenvalue weighted by Crippen LogP contribution is -2.24. The van der Waals surface area contributed by atoms with Crippen LogP contribution < -0.4 is 4.74 Å². The lowest BCUT2D eigenvalue weighted by atomic mass is 10.0. The third-order valence-corrected chi connectivity index (χ3v) is 5.97. The molecule has 0 fully saturated rings. The number of aromatic nitrogens is 2. The van der Waals surface area contributed by atoms with Crippen LogP contribution in [0.15, 0.2) is 60.9 Å². The first kappa shape index (κ1) is 25.4. The van der Waals surface area contributed by atoms with Gasteiger partial charge in [-0.3, -0.25) is 0 Å². The summed E-state index contributed by atoms with van der Waals surface area (Å²) in [5, 5.41) is 0. The van der Waals surface area contributed by atoms with E-state index < -0.39 is 12.1 Å². The van der Waals surface area contributed by atoms with Gasteiger partial charge in [0, 0.05) is 23.5 Å². The number of carbonyl (C=O) groups is 1. The molecule has 0 aliphatic rings. The van der Waals surface area contributed by atoms with Crippen molar-refractivity contribution in [3.8, 4) is 28.3 Å². The van der Waals surface area contributed by atoms with Crippen LogP contribution in [-0.2, 0) is 16.0 Å². The van der Waals surface area contributed by atoms with Crippen molar-refractivity contribution in [3.05, 3.63) is 66.5 Å². The lowest BCUT2D eigenvalue weighted by molar-refractivity contribution is -0.147. The Kier molecular flexibility index (Phi) is 10.1. The van der Waals surface area contributed by atoms with Crippen molar-refractivity contribution in [1.29, 1.82) is 0 Å². The SMILES string of the molecule is CCCCCCCCCc1ccc(-c2ncc(-c3ccc(OC(C)C(=O)OC)cc3)cn2)cc1. The van der Waals surface area contributed by atoms with Gasteiger partial charge in [0.2, 0.25) is 0 Å². The lowest BCUT2D eigenvalue weighted by Gasteiger charge is -2.12. The van der Waals surface area contributed by atoms with Crippen molar-refractivity contribution >= 4 is 5.97 Å². The smallest absolute Gasteiger partial charge is 0.346 e. The zero-order valence-corrected chi connectivity index (χ0v) is 20.6. The van der Waals surface area contributed by atoms with E-state index in [9.17, 15) is 4.79 Å². The van der Waals surface area contributed by atoms with Crippen LogP contribution in [0.1, 0.15) is 64.4 Å². The quantitative estimate of drug-likeness (QED) is 0.202. The van der Waals surface area contributed by atoms with E-state index in [0.717, 1.165) is 28.9 Å². The highest BCUT2D eigenvalue weighted by atomic mass is 16.6. The first-order valence-electron chi connectivity index (χ1n) is 12.4. The average Bonchev–Trinajstić information content (AvgIpc) is 2.88. The number of hydrogen-bond donors (Lipinski definition) is 0. The van der Waals surface area contributed by atoms with Crippen molar-refractivity contribution in [1.82, 2.24) is 9.97 Å². The Morgan fingerprint density at radius 1 is 0.794 bits per heavy atom. The monoisotopic (exact) mass is 460 g/mol. The van der Waals surface area contributed by atoms with Crippen LogP contribution in [0.3, 0.4) is 0 Å². The van der Waals surface area contributed by atoms with Crippen LogP contribution in [0.25, 0.3) is 22.5 Å². The fourth-order valence-electron chi connectivity index (χ4n) is 3.88. The molecule has 1 atom stereocenters. The molecule has 1 heterocycles. The van der Waals surface area contributed by atoms with Gasteiger partial charge in [-0.2, -0.15) is 0 Å². The summed E-state index contributed by atoms with van der Waals surface area (Å²) in [7, 11) is 1.35. The van der Waals surface area contributed by atoms with E-state index in [4.69, 9.17) is 4.74 Å². The van der Waals surface area contributed by atoms with Crippen LogP contribution in [0.2, 0.25) is 0 Å². The molecule has 0 amide bonds. The fraction of sp³-hybridized carbons (Fsp3) is 0.414. The number of nitrogens with zero attached hydrogens (tertiary/aromatic N) is 2. The molecule has 5 heteroatoms. The minimum atomic E-state index is -0.652. The summed E-state index contributed by atoms with van der Waals surface area (Å²) in [6.45, 7) is 3.92. The minimum absolute atomic E-state index is 0.404. The van der Waals surface area contributed by atoms with Gasteiger partial charge in [-0.05, 0) is 43.0 Å². The van der Waals surface area contributed by atoms with E-state index in [2.05, 4.69) is 45.9 Å². The van der Waals surface area contributed by atoms with E-state index >= 15 is 0 Å². The predicted octanol–water partition coefficient (Wildman–Crippen LogP) is 7.04. The Hall–Kier alpha value is -3.21. The molecule has 3 aromatic rings. The molecule has 180 valence electrons. The Labute approximate surface area is 203 Å². The summed E-state index contributed by atoms with van der Waals surface area (Å²) in [6.07, 6.45) is 13.5. The number of unbranched alkanes of at least 4 members (excludes halogenated alkanes) is 6. The maximum absolute atomic E-state index is 11.5. The van der Waals surface area contributed by atoms with Gasteiger partial charge in [0.1, 0.15) is 5.75 Å². The van der Waals surface area contributed by atoms with Crippen molar-refractivity contribution in [2.75, 3.05) is 7.11 Å². The summed E-state index contributed by atoms with van der Waals surface area (Å²) in [5.41, 5.74) is 4.30. The van der Waals surface area contributed by atoms with E-state index in [0.29, 0.717) is 5.75 Å². The summed E-state index contributed by atoms with van der Waals surface area (Å²) in [5.74, 6) is 0.924. The first-order valence-corrected chi connectivity index (χ1v) is 12.4. The van der Waals surface area contributed by atoms with Gasteiger partial charge in [0.05, 0.1) is 7.11 Å². The molecule has 0 saturated carbocycles. The number of aryl methyl sites for hydroxylation is 1. The number of benzene rings is 2. The summed E-state index contributed by atoms with van der Waals surface area (Å²) >= 11 is 0. The van der Waals surface area contributed by atoms with Crippen molar-refractivity contribution in [2.45, 2.75) is 71.3 Å². The molecule has 2 aromatic carbocycles. The summed E-state index contributed by atoms with van der Waals surface area (Å²) in [6, 6.07) is 16.1. The highest BCUT2D eigenvalue weighted by molar-refractivity contribution is 5.74. The van der Waals surface area contributed by atoms with Crippen LogP contribution in [0.5, 0.6) is 5.75 Å². The largest absolute Gasteiger partial charge is 0.479 e. The Morgan fingerprint density at radius 3 is 2.00 bits per heavy atom. The second-order valence-electron chi connectivity index (χ2n) is 8.67. The standard InChI is InChI=1S/C29H36N2O3/c1-4-5-6-7-8-9-10-11-23-12-14-25(15-13-23)28-30-20-26(21-31-28)24-16-18-27(19-17-24)34-22(2)29(32)33-3/h12-22H,4-11H2,1-3H3. The third-order valence-electron chi connectivity index (χ3n) is 5.97. The molecule has 0 bridgehead atoms. The van der Waals surface area contributed by atoms with Crippen LogP contribution in [0, 0.1) is 0 Å². The Balaban J connectivity index is 1.51. The predicted molar refractivity (Wildman–Crippen MR) is 137 cm³/mol. The molecule has 3 rings (SSSR count). The third kappa shape index (κ3) is 7.68. The molecule has 0 aliphatic carbocycles. The van der Waals surface area contributed by atoms with E-state index in [1.165, 1.54) is 57.6 Å². The Morgan fingerprint density at radius 2 is 1.38 bits per heavy atom. The highest BCUT2D eigenvalue weighted by Crippen LogP contribution is 2.24. The maximum atomic E-state index is 11.5. The molecule has 1 aromatic heterocycles. The molecule has 0 N–H and O–H groups in total. The van der Waals surface area contributed by atoms with Crippen LogP contribution in [-0.4, -0.2) is 29.2 Å². The molecule has 1 unspecified atom stereocenters. The second kappa shape index (κ2) is 13.5. The van der Waals surface area contributed by atoms with Crippen molar-refractivity contribution in [2.24, 2.45) is 0 Å². The fourth-order valence-corrected chi connectivity index (χ4v) is 3.88. The van der Waals surface area contributed by atoms with Gasteiger partial charge in [-0.25, -0.2) is 14.8 Å². The van der Waals surface area contributed by atoms with Crippen LogP contribution in [0.4, 0.5) is 0 Å². The normalized spacial score (nSPS) is 11.7. The molecular formula is C29H36N2O3. The molecule has 0 radical (unpaired) electrons. The molecule has 0 spiro atoms. The van der Waals surface area contributed by atoms with Crippen molar-refractivity contribution < 1.29 is 14.3 Å². The molecule has 0 saturated heterocycles. The number of ether oxygens (including phenoxy) is 2. The number of rotatable bonds is 13. The van der Waals surface area contributed by atoms with Crippen LogP contribution >= 0.6 is 0 Å². The number of carbonyl (C=O) groups excluding carboxylic acids is 1. The zero-order chi connectivity index (χ0) is 24.2. The van der Waals surface area contributed by atoms with Gasteiger partial charge < -0.3 is 9.47 Å². The van der Waals surface area contributed by atoms with E-state index in [1.807, 2.05) is 36.7 Å². The number of esters is 1. The topological polar surface area (TPSA) is 61.3 Å². The first-order chi connectivity index (χ1) is 16.6. The molecule has 34 heavy (non-hydrogen) atoms. The van der Waals surface area contributed by atoms with Gasteiger partial charge in [-0.1, -0.05) is 81.8 Å². The van der Waals surface area contributed by atoms with Gasteiger partial charge >= 0.3 is 5.97 Å². The van der Waals surface area contributed by atoms with Gasteiger partial charge in [0.15, 0.2) is 11.9 Å². The molecule has 0 aliphatic heterocycles. The summed E-state index contributed by atoms with van der Waals surface area (Å²) in [4.78, 5) is 20.6. The average molecular weight is 461 g/mol. The number of hydrogen-bond acceptors (Lipinski definition) is 5. The number of methoxy groups -OCH3 is 1. The second-order valence-corrected chi connectivity index (χ2v) is 8.67. The highest BCUT2D eigenvalue weighted by Gasteiger charge is 2.14. The Bertz CT molecular complexity index is 999. The van der Waals surface area contributed by atoms with E-state index in [1.54, 1.807) is 6.92 Å². The zero-order valence-electron chi connectivity index (χ0n) is 20.6. The maximum Gasteiger partial charge on any atom is 0.346 e. The van der Waals surface area contributed by atoms with E-state index in [-0.39, 0.29) is 0 Å². The molecule has 5 nitrogen and oxygen atoms in total. The minimum Gasteiger partial charge on any atom is -0.479 e.